The van der Waals surface area contributed by atoms with Gasteiger partial charge in [0.25, 0.3) is 5.91 Å². The van der Waals surface area contributed by atoms with Gasteiger partial charge in [0, 0.05) is 36.1 Å². The van der Waals surface area contributed by atoms with Crippen LogP contribution < -0.4 is 15.0 Å². The van der Waals surface area contributed by atoms with Gasteiger partial charge in [0.2, 0.25) is 5.88 Å². The number of anilines is 2. The van der Waals surface area contributed by atoms with Crippen LogP contribution in [0.3, 0.4) is 0 Å². The van der Waals surface area contributed by atoms with Crippen molar-refractivity contribution >= 4 is 17.3 Å². The number of hydrogen-bond acceptors (Lipinski definition) is 8. The van der Waals surface area contributed by atoms with Crippen LogP contribution in [-0.4, -0.2) is 83.4 Å². The van der Waals surface area contributed by atoms with Crippen molar-refractivity contribution in [2.24, 2.45) is 0 Å². The molecule has 0 unspecified atom stereocenters. The van der Waals surface area contributed by atoms with Crippen LogP contribution in [0.15, 0.2) is 54.7 Å². The van der Waals surface area contributed by atoms with Crippen molar-refractivity contribution < 1.29 is 41.7 Å². The Morgan fingerprint density at radius 2 is 1.66 bits per heavy atom. The number of nitrogens with zero attached hydrogens (tertiary/aromatic N) is 2. The van der Waals surface area contributed by atoms with Crippen molar-refractivity contribution in [3.63, 3.8) is 0 Å². The Morgan fingerprint density at radius 3 is 2.34 bits per heavy atom. The topological polar surface area (TPSA) is 91.4 Å². The molecule has 3 aromatic rings. The molecule has 2 heterocycles. The maximum absolute atomic E-state index is 13.1. The number of hydrogen-bond donors (Lipinski definition) is 1. The number of carbonyl (C=O) groups is 1. The number of ether oxygens (including phenoxy) is 5. The standard InChI is InChI=1S/C33H36F3N3O6.C2H6/c1-3-11-41-14-15-43-16-17-44-18-19-45-32-30(39-9-12-42-13-10-39)21-26(23-37-32)29-22-28(8-7-24(29)2)38-31(40)25-5-4-6-27(20-25)33(34,35)36;1-2/h1,4-8,20-23H,9-19H2,2H3,(H,38,40);1-2H3. The predicted molar refractivity (Wildman–Crippen MR) is 175 cm³/mol. The Kier molecular flexibility index (Phi) is 15.5. The van der Waals surface area contributed by atoms with E-state index >= 15 is 0 Å². The van der Waals surface area contributed by atoms with Crippen molar-refractivity contribution in [1.29, 1.82) is 0 Å². The molecule has 9 nitrogen and oxygen atoms in total. The van der Waals surface area contributed by atoms with Crippen LogP contribution in [0.1, 0.15) is 35.3 Å². The molecule has 0 bridgehead atoms. The number of terminal acetylenes is 1. The van der Waals surface area contributed by atoms with Crippen molar-refractivity contribution in [3.8, 4) is 29.4 Å². The summed E-state index contributed by atoms with van der Waals surface area (Å²) in [6.45, 7) is 11.0. The van der Waals surface area contributed by atoms with Gasteiger partial charge in [-0.1, -0.05) is 31.9 Å². The van der Waals surface area contributed by atoms with E-state index in [-0.39, 0.29) is 18.8 Å². The van der Waals surface area contributed by atoms with Crippen molar-refractivity contribution in [2.75, 3.05) is 82.8 Å². The van der Waals surface area contributed by atoms with Gasteiger partial charge in [-0.15, -0.1) is 6.42 Å². The van der Waals surface area contributed by atoms with Gasteiger partial charge < -0.3 is 33.9 Å². The smallest absolute Gasteiger partial charge is 0.416 e. The Balaban J connectivity index is 0.00000294. The quantitative estimate of drug-likeness (QED) is 0.152. The first-order valence-electron chi connectivity index (χ1n) is 15.5. The summed E-state index contributed by atoms with van der Waals surface area (Å²) in [7, 11) is 0. The average Bonchev–Trinajstić information content (AvgIpc) is 3.09. The molecule has 1 aromatic heterocycles. The summed E-state index contributed by atoms with van der Waals surface area (Å²) >= 11 is 0. The second-order valence-electron chi connectivity index (χ2n) is 10.0. The molecule has 1 aliphatic heterocycles. The van der Waals surface area contributed by atoms with Gasteiger partial charge in [-0.25, -0.2) is 4.98 Å². The number of alkyl halides is 3. The van der Waals surface area contributed by atoms with Crippen LogP contribution in [-0.2, 0) is 25.1 Å². The fourth-order valence-electron chi connectivity index (χ4n) is 4.55. The van der Waals surface area contributed by atoms with E-state index in [1.54, 1.807) is 18.3 Å². The first-order chi connectivity index (χ1) is 22.8. The minimum atomic E-state index is -4.55. The van der Waals surface area contributed by atoms with Crippen LogP contribution in [0.4, 0.5) is 24.5 Å². The molecule has 1 fully saturated rings. The van der Waals surface area contributed by atoms with Crippen LogP contribution in [0, 0.1) is 19.3 Å². The summed E-state index contributed by atoms with van der Waals surface area (Å²) in [4.78, 5) is 19.6. The maximum atomic E-state index is 13.1. The summed E-state index contributed by atoms with van der Waals surface area (Å²) < 4.78 is 67.1. The third kappa shape index (κ3) is 11.9. The number of nitrogens with one attached hydrogen (secondary N) is 1. The Morgan fingerprint density at radius 1 is 0.979 bits per heavy atom. The summed E-state index contributed by atoms with van der Waals surface area (Å²) in [6, 6.07) is 11.6. The van der Waals surface area contributed by atoms with E-state index in [1.807, 2.05) is 32.9 Å². The molecule has 0 radical (unpaired) electrons. The highest BCUT2D eigenvalue weighted by Crippen LogP contribution is 2.35. The lowest BCUT2D eigenvalue weighted by Crippen LogP contribution is -2.36. The number of amides is 1. The van der Waals surface area contributed by atoms with Gasteiger partial charge in [-0.2, -0.15) is 13.2 Å². The highest BCUT2D eigenvalue weighted by atomic mass is 19.4. The van der Waals surface area contributed by atoms with Crippen molar-refractivity contribution in [3.05, 3.63) is 71.4 Å². The van der Waals surface area contributed by atoms with Crippen LogP contribution in [0.25, 0.3) is 11.1 Å². The van der Waals surface area contributed by atoms with E-state index in [9.17, 15) is 18.0 Å². The van der Waals surface area contributed by atoms with Crippen molar-refractivity contribution in [2.45, 2.75) is 26.9 Å². The predicted octanol–water partition coefficient (Wildman–Crippen LogP) is 6.25. The number of carbonyl (C=O) groups excluding carboxylic acids is 1. The molecule has 0 atom stereocenters. The molecule has 4 rings (SSSR count). The van der Waals surface area contributed by atoms with E-state index < -0.39 is 17.6 Å². The van der Waals surface area contributed by atoms with Gasteiger partial charge in [0.15, 0.2) is 0 Å². The zero-order valence-corrected chi connectivity index (χ0v) is 27.0. The molecule has 0 saturated carbocycles. The zero-order chi connectivity index (χ0) is 34.1. The molecule has 1 N–H and O–H groups in total. The monoisotopic (exact) mass is 657 g/mol. The Hall–Kier alpha value is -4.15. The van der Waals surface area contributed by atoms with Crippen LogP contribution in [0.5, 0.6) is 5.88 Å². The van der Waals surface area contributed by atoms with E-state index in [0.717, 1.165) is 34.5 Å². The fourth-order valence-corrected chi connectivity index (χ4v) is 4.55. The van der Waals surface area contributed by atoms with Gasteiger partial charge in [-0.05, 0) is 54.4 Å². The van der Waals surface area contributed by atoms with Crippen LogP contribution in [0.2, 0.25) is 0 Å². The number of benzene rings is 2. The molecule has 2 aromatic carbocycles. The second-order valence-corrected chi connectivity index (χ2v) is 10.0. The number of pyridine rings is 1. The molecule has 1 saturated heterocycles. The summed E-state index contributed by atoms with van der Waals surface area (Å²) in [5.41, 5.74) is 2.77. The fraction of sp³-hybridized carbons (Fsp3) is 0.429. The van der Waals surface area contributed by atoms with Gasteiger partial charge in [0.05, 0.1) is 51.8 Å². The Bertz CT molecular complexity index is 1460. The minimum absolute atomic E-state index is 0.0908. The highest BCUT2D eigenvalue weighted by molar-refractivity contribution is 6.04. The third-order valence-corrected chi connectivity index (χ3v) is 6.84. The first-order valence-corrected chi connectivity index (χ1v) is 15.5. The molecular formula is C35H42F3N3O6. The normalized spacial score (nSPS) is 12.9. The number of aryl methyl sites for hydroxylation is 1. The van der Waals surface area contributed by atoms with E-state index in [1.165, 1.54) is 12.1 Å². The largest absolute Gasteiger partial charge is 0.474 e. The molecular weight excluding hydrogens is 615 g/mol. The summed E-state index contributed by atoms with van der Waals surface area (Å²) in [5.74, 6) is 2.20. The molecule has 254 valence electrons. The zero-order valence-electron chi connectivity index (χ0n) is 27.0. The molecule has 1 aliphatic rings. The number of morpholine rings is 1. The molecule has 47 heavy (non-hydrogen) atoms. The lowest BCUT2D eigenvalue weighted by Gasteiger charge is -2.30. The third-order valence-electron chi connectivity index (χ3n) is 6.84. The molecule has 12 heteroatoms. The van der Waals surface area contributed by atoms with E-state index in [0.29, 0.717) is 70.9 Å². The van der Waals surface area contributed by atoms with E-state index in [2.05, 4.69) is 21.1 Å². The Labute approximate surface area is 274 Å². The lowest BCUT2D eigenvalue weighted by molar-refractivity contribution is -0.137. The first kappa shape index (κ1) is 37.3. The minimum Gasteiger partial charge on any atom is -0.474 e. The van der Waals surface area contributed by atoms with Gasteiger partial charge in [0.1, 0.15) is 18.9 Å². The van der Waals surface area contributed by atoms with Gasteiger partial charge >= 0.3 is 6.18 Å². The maximum Gasteiger partial charge on any atom is 0.416 e. The lowest BCUT2D eigenvalue weighted by atomic mass is 10.0. The number of aromatic nitrogens is 1. The van der Waals surface area contributed by atoms with Crippen LogP contribution >= 0.6 is 0 Å². The highest BCUT2D eigenvalue weighted by Gasteiger charge is 2.31. The average molecular weight is 658 g/mol. The number of rotatable bonds is 15. The van der Waals surface area contributed by atoms with Gasteiger partial charge in [-0.3, -0.25) is 4.79 Å². The second kappa shape index (κ2) is 19.5. The summed E-state index contributed by atoms with van der Waals surface area (Å²) in [6.07, 6.45) is 2.27. The molecule has 0 aliphatic carbocycles. The van der Waals surface area contributed by atoms with E-state index in [4.69, 9.17) is 30.1 Å². The van der Waals surface area contributed by atoms with Crippen molar-refractivity contribution in [1.82, 2.24) is 4.98 Å². The SMILES string of the molecule is C#CCOCCOCCOCCOc1ncc(-c2cc(NC(=O)c3cccc(C(F)(F)F)c3)ccc2C)cc1N1CCOCC1.CC. The summed E-state index contributed by atoms with van der Waals surface area (Å²) in [5, 5.41) is 2.71. The number of halogens is 3. The molecule has 0 spiro atoms. The molecule has 1 amide bonds.